The van der Waals surface area contributed by atoms with Crippen molar-refractivity contribution in [1.29, 1.82) is 0 Å². The van der Waals surface area contributed by atoms with Gasteiger partial charge in [-0.15, -0.1) is 0 Å². The third-order valence-corrected chi connectivity index (χ3v) is 6.29. The first-order chi connectivity index (χ1) is 13.9. The van der Waals surface area contributed by atoms with Crippen LogP contribution in [0.25, 0.3) is 0 Å². The van der Waals surface area contributed by atoms with Crippen molar-refractivity contribution in [3.8, 4) is 5.75 Å². The summed E-state index contributed by atoms with van der Waals surface area (Å²) in [5.41, 5.74) is 2.43. The lowest BCUT2D eigenvalue weighted by Crippen LogP contribution is -2.23. The molecule has 3 rings (SSSR count). The molecule has 1 amide bonds. The maximum absolute atomic E-state index is 12.7. The van der Waals surface area contributed by atoms with E-state index >= 15 is 0 Å². The molecule has 1 aliphatic rings. The molecule has 0 unspecified atom stereocenters. The van der Waals surface area contributed by atoms with Crippen molar-refractivity contribution in [3.63, 3.8) is 0 Å². The number of nitrogens with zero attached hydrogens (tertiary/aromatic N) is 1. The lowest BCUT2D eigenvalue weighted by molar-refractivity contribution is -0.114. The number of sulfonamides is 1. The summed E-state index contributed by atoms with van der Waals surface area (Å²) in [4.78, 5) is 13.8. The molecule has 2 aromatic rings. The van der Waals surface area contributed by atoms with Crippen LogP contribution in [-0.2, 0) is 27.9 Å². The Morgan fingerprint density at radius 2 is 1.72 bits per heavy atom. The van der Waals surface area contributed by atoms with Crippen molar-refractivity contribution in [3.05, 3.63) is 53.6 Å². The SMILES string of the molecule is COc1ccc(S(=O)(=O)NCc2ccc(CN3CCCC3)cc2)cc1NC(C)=O. The largest absolute Gasteiger partial charge is 0.495 e. The van der Waals surface area contributed by atoms with Crippen molar-refractivity contribution in [2.75, 3.05) is 25.5 Å². The van der Waals surface area contributed by atoms with Crippen LogP contribution in [0.15, 0.2) is 47.4 Å². The van der Waals surface area contributed by atoms with Gasteiger partial charge < -0.3 is 10.1 Å². The van der Waals surface area contributed by atoms with E-state index in [9.17, 15) is 13.2 Å². The Labute approximate surface area is 172 Å². The first kappa shape index (κ1) is 21.3. The number of carbonyl (C=O) groups is 1. The fourth-order valence-electron chi connectivity index (χ4n) is 3.36. The monoisotopic (exact) mass is 417 g/mol. The van der Waals surface area contributed by atoms with Crippen LogP contribution in [-0.4, -0.2) is 39.4 Å². The number of methoxy groups -OCH3 is 1. The molecule has 1 heterocycles. The average molecular weight is 418 g/mol. The fourth-order valence-corrected chi connectivity index (χ4v) is 4.41. The molecule has 0 aromatic heterocycles. The van der Waals surface area contributed by atoms with Gasteiger partial charge in [-0.25, -0.2) is 13.1 Å². The zero-order valence-corrected chi connectivity index (χ0v) is 17.6. The Bertz CT molecular complexity index is 952. The zero-order valence-electron chi connectivity index (χ0n) is 16.8. The summed E-state index contributed by atoms with van der Waals surface area (Å²) < 4.78 is 33.1. The summed E-state index contributed by atoms with van der Waals surface area (Å²) >= 11 is 0. The van der Waals surface area contributed by atoms with E-state index < -0.39 is 10.0 Å². The van der Waals surface area contributed by atoms with Gasteiger partial charge in [0.05, 0.1) is 17.7 Å². The van der Waals surface area contributed by atoms with Crippen LogP contribution in [0.3, 0.4) is 0 Å². The van der Waals surface area contributed by atoms with Crippen LogP contribution in [0.4, 0.5) is 5.69 Å². The van der Waals surface area contributed by atoms with Crippen LogP contribution in [0.1, 0.15) is 30.9 Å². The van der Waals surface area contributed by atoms with Gasteiger partial charge in [-0.1, -0.05) is 24.3 Å². The molecule has 8 heteroatoms. The molecule has 0 spiro atoms. The Morgan fingerprint density at radius 1 is 1.07 bits per heavy atom. The molecular formula is C21H27N3O4S. The van der Waals surface area contributed by atoms with E-state index in [1.165, 1.54) is 50.6 Å². The number of rotatable bonds is 8. The normalized spacial score (nSPS) is 14.7. The molecule has 156 valence electrons. The third-order valence-electron chi connectivity index (χ3n) is 4.89. The minimum Gasteiger partial charge on any atom is -0.495 e. The summed E-state index contributed by atoms with van der Waals surface area (Å²) in [6, 6.07) is 12.4. The second-order valence-corrected chi connectivity index (χ2v) is 8.93. The minimum absolute atomic E-state index is 0.0627. The maximum Gasteiger partial charge on any atom is 0.240 e. The minimum atomic E-state index is -3.74. The lowest BCUT2D eigenvalue weighted by Gasteiger charge is -2.15. The second-order valence-electron chi connectivity index (χ2n) is 7.17. The zero-order chi connectivity index (χ0) is 20.9. The number of carbonyl (C=O) groups excluding carboxylic acids is 1. The summed E-state index contributed by atoms with van der Waals surface area (Å²) in [7, 11) is -2.28. The maximum atomic E-state index is 12.7. The van der Waals surface area contributed by atoms with E-state index in [0.29, 0.717) is 11.4 Å². The van der Waals surface area contributed by atoms with Gasteiger partial charge >= 0.3 is 0 Å². The fraction of sp³-hybridized carbons (Fsp3) is 0.381. The standard InChI is InChI=1S/C21H27N3O4S/c1-16(25)23-20-13-19(9-10-21(20)28-2)29(26,27)22-14-17-5-7-18(8-6-17)15-24-11-3-4-12-24/h5-10,13,22H,3-4,11-12,14-15H2,1-2H3,(H,23,25). The number of likely N-dealkylation sites (tertiary alicyclic amines) is 1. The number of ether oxygens (including phenoxy) is 1. The Balaban J connectivity index is 1.65. The third kappa shape index (κ3) is 5.79. The number of nitrogens with one attached hydrogen (secondary N) is 2. The highest BCUT2D eigenvalue weighted by molar-refractivity contribution is 7.89. The summed E-state index contributed by atoms with van der Waals surface area (Å²) in [6.07, 6.45) is 2.52. The molecular weight excluding hydrogens is 390 g/mol. The van der Waals surface area contributed by atoms with Crippen LogP contribution in [0, 0.1) is 0 Å². The molecule has 1 fully saturated rings. The highest BCUT2D eigenvalue weighted by atomic mass is 32.2. The first-order valence-corrected chi connectivity index (χ1v) is 11.1. The van der Waals surface area contributed by atoms with E-state index in [1.54, 1.807) is 0 Å². The van der Waals surface area contributed by atoms with E-state index in [2.05, 4.69) is 14.9 Å². The van der Waals surface area contributed by atoms with Gasteiger partial charge in [0.25, 0.3) is 0 Å². The molecule has 2 aromatic carbocycles. The van der Waals surface area contributed by atoms with Gasteiger partial charge in [-0.2, -0.15) is 0 Å². The topological polar surface area (TPSA) is 87.7 Å². The Morgan fingerprint density at radius 3 is 2.34 bits per heavy atom. The van der Waals surface area contributed by atoms with Crippen molar-refractivity contribution >= 4 is 21.6 Å². The van der Waals surface area contributed by atoms with Gasteiger partial charge in [0.15, 0.2) is 0 Å². The van der Waals surface area contributed by atoms with E-state index in [0.717, 1.165) is 25.2 Å². The van der Waals surface area contributed by atoms with E-state index in [4.69, 9.17) is 4.74 Å². The van der Waals surface area contributed by atoms with Gasteiger partial charge in [0.2, 0.25) is 15.9 Å². The second kappa shape index (κ2) is 9.39. The number of anilines is 1. The van der Waals surface area contributed by atoms with E-state index in [1.807, 2.05) is 24.3 Å². The molecule has 0 atom stereocenters. The van der Waals surface area contributed by atoms with Crippen molar-refractivity contribution in [1.82, 2.24) is 9.62 Å². The summed E-state index contributed by atoms with van der Waals surface area (Å²) in [6.45, 7) is 4.76. The van der Waals surface area contributed by atoms with Crippen LogP contribution in [0.2, 0.25) is 0 Å². The van der Waals surface area contributed by atoms with Crippen molar-refractivity contribution < 1.29 is 17.9 Å². The van der Waals surface area contributed by atoms with Crippen LogP contribution in [0.5, 0.6) is 5.75 Å². The molecule has 0 bridgehead atoms. The number of amides is 1. The molecule has 7 nitrogen and oxygen atoms in total. The summed E-state index contributed by atoms with van der Waals surface area (Å²) in [5.74, 6) is 0.0903. The van der Waals surface area contributed by atoms with Gasteiger partial charge in [-0.05, 0) is 55.3 Å². The van der Waals surface area contributed by atoms with E-state index in [-0.39, 0.29) is 17.3 Å². The first-order valence-electron chi connectivity index (χ1n) is 9.63. The molecule has 29 heavy (non-hydrogen) atoms. The molecule has 2 N–H and O–H groups in total. The predicted molar refractivity (Wildman–Crippen MR) is 112 cm³/mol. The number of benzene rings is 2. The molecule has 1 aliphatic heterocycles. The number of hydrogen-bond acceptors (Lipinski definition) is 5. The average Bonchev–Trinajstić information content (AvgIpc) is 3.20. The lowest BCUT2D eigenvalue weighted by atomic mass is 10.1. The predicted octanol–water partition coefficient (Wildman–Crippen LogP) is 2.73. The Hall–Kier alpha value is -2.42. The smallest absolute Gasteiger partial charge is 0.240 e. The van der Waals surface area contributed by atoms with Gasteiger partial charge in [0, 0.05) is 20.0 Å². The van der Waals surface area contributed by atoms with Crippen molar-refractivity contribution in [2.45, 2.75) is 37.8 Å². The molecule has 0 saturated carbocycles. The van der Waals surface area contributed by atoms with Gasteiger partial charge in [-0.3, -0.25) is 9.69 Å². The molecule has 1 saturated heterocycles. The van der Waals surface area contributed by atoms with Crippen LogP contribution < -0.4 is 14.8 Å². The molecule has 0 radical (unpaired) electrons. The Kier molecular flexibility index (Phi) is 6.89. The summed E-state index contributed by atoms with van der Waals surface area (Å²) in [5, 5.41) is 2.59. The van der Waals surface area contributed by atoms with Crippen LogP contribution >= 0.6 is 0 Å². The van der Waals surface area contributed by atoms with Gasteiger partial charge in [0.1, 0.15) is 5.75 Å². The quantitative estimate of drug-likeness (QED) is 0.690. The molecule has 0 aliphatic carbocycles. The highest BCUT2D eigenvalue weighted by Gasteiger charge is 2.17. The number of hydrogen-bond donors (Lipinski definition) is 2. The van der Waals surface area contributed by atoms with Crippen molar-refractivity contribution in [2.24, 2.45) is 0 Å². The highest BCUT2D eigenvalue weighted by Crippen LogP contribution is 2.27.